The highest BCUT2D eigenvalue weighted by Gasteiger charge is 2.32. The summed E-state index contributed by atoms with van der Waals surface area (Å²) in [6.45, 7) is 8.50. The van der Waals surface area contributed by atoms with Crippen LogP contribution in [0.5, 0.6) is 5.75 Å². The molecule has 0 aliphatic rings. The lowest BCUT2D eigenvalue weighted by atomic mass is 9.82. The Balaban J connectivity index is 2.43. The van der Waals surface area contributed by atoms with Gasteiger partial charge in [0.2, 0.25) is 0 Å². The molecule has 142 valence electrons. The van der Waals surface area contributed by atoms with Crippen LogP contribution in [0.25, 0.3) is 0 Å². The van der Waals surface area contributed by atoms with E-state index in [9.17, 15) is 4.79 Å². The second kappa shape index (κ2) is 12.1. The molecule has 0 bridgehead atoms. The van der Waals surface area contributed by atoms with Crippen LogP contribution in [0.1, 0.15) is 97.5 Å². The Hall–Kier alpha value is -1.31. The highest BCUT2D eigenvalue weighted by atomic mass is 16.5. The fourth-order valence-corrected chi connectivity index (χ4v) is 3.05. The minimum atomic E-state index is -0.368. The molecule has 1 aromatic rings. The number of ether oxygens (including phenoxy) is 1. The SMILES string of the molecule is CCCCCCCCc1ccc(OC(=O)C(C)(CC)CCCC)cc1. The molecule has 2 heteroatoms. The monoisotopic (exact) mass is 346 g/mol. The maximum Gasteiger partial charge on any atom is 0.317 e. The van der Waals surface area contributed by atoms with E-state index in [-0.39, 0.29) is 11.4 Å². The molecule has 0 radical (unpaired) electrons. The lowest BCUT2D eigenvalue weighted by Crippen LogP contribution is -2.31. The number of rotatable bonds is 13. The number of hydrogen-bond acceptors (Lipinski definition) is 2. The number of benzene rings is 1. The molecule has 0 saturated heterocycles. The molecule has 0 spiro atoms. The summed E-state index contributed by atoms with van der Waals surface area (Å²) in [5, 5.41) is 0. The Bertz CT molecular complexity index is 477. The quantitative estimate of drug-likeness (QED) is 0.216. The number of unbranched alkanes of at least 4 members (excludes halogenated alkanes) is 6. The Morgan fingerprint density at radius 1 is 0.880 bits per heavy atom. The molecule has 1 atom stereocenters. The highest BCUT2D eigenvalue weighted by molar-refractivity contribution is 5.78. The summed E-state index contributed by atoms with van der Waals surface area (Å²) in [7, 11) is 0. The van der Waals surface area contributed by atoms with Crippen molar-refractivity contribution < 1.29 is 9.53 Å². The van der Waals surface area contributed by atoms with Crippen molar-refractivity contribution in [1.82, 2.24) is 0 Å². The van der Waals surface area contributed by atoms with Crippen molar-refractivity contribution in [3.05, 3.63) is 29.8 Å². The predicted molar refractivity (Wildman–Crippen MR) is 107 cm³/mol. The first kappa shape index (κ1) is 21.7. The lowest BCUT2D eigenvalue weighted by molar-refractivity contribution is -0.145. The van der Waals surface area contributed by atoms with E-state index in [1.165, 1.54) is 44.1 Å². The third-order valence-corrected chi connectivity index (χ3v) is 5.31. The molecular weight excluding hydrogens is 308 g/mol. The first-order valence-corrected chi connectivity index (χ1v) is 10.4. The van der Waals surface area contributed by atoms with Crippen LogP contribution >= 0.6 is 0 Å². The first-order chi connectivity index (χ1) is 12.1. The van der Waals surface area contributed by atoms with Crippen LogP contribution in [0.2, 0.25) is 0 Å². The molecule has 0 aliphatic carbocycles. The number of esters is 1. The van der Waals surface area contributed by atoms with Gasteiger partial charge in [-0.15, -0.1) is 0 Å². The zero-order valence-corrected chi connectivity index (χ0v) is 16.9. The zero-order chi connectivity index (χ0) is 18.5. The molecule has 0 aromatic heterocycles. The number of carbonyl (C=O) groups is 1. The van der Waals surface area contributed by atoms with Gasteiger partial charge in [0.15, 0.2) is 0 Å². The summed E-state index contributed by atoms with van der Waals surface area (Å²) >= 11 is 0. The van der Waals surface area contributed by atoms with Gasteiger partial charge in [-0.05, 0) is 50.3 Å². The largest absolute Gasteiger partial charge is 0.426 e. The lowest BCUT2D eigenvalue weighted by Gasteiger charge is -2.25. The van der Waals surface area contributed by atoms with E-state index in [0.29, 0.717) is 5.75 Å². The molecule has 0 fully saturated rings. The minimum absolute atomic E-state index is 0.0906. The van der Waals surface area contributed by atoms with E-state index in [1.807, 2.05) is 19.1 Å². The van der Waals surface area contributed by atoms with Crippen molar-refractivity contribution in [2.24, 2.45) is 5.41 Å². The molecule has 2 nitrogen and oxygen atoms in total. The molecule has 25 heavy (non-hydrogen) atoms. The van der Waals surface area contributed by atoms with Gasteiger partial charge >= 0.3 is 5.97 Å². The average Bonchev–Trinajstić information content (AvgIpc) is 2.63. The van der Waals surface area contributed by atoms with Gasteiger partial charge in [0.25, 0.3) is 0 Å². The standard InChI is InChI=1S/C23H38O2/c1-5-8-10-11-12-13-14-20-15-17-21(18-16-20)25-22(24)23(4,7-3)19-9-6-2/h15-18H,5-14,19H2,1-4H3. The molecule has 0 heterocycles. The highest BCUT2D eigenvalue weighted by Crippen LogP contribution is 2.30. The van der Waals surface area contributed by atoms with Gasteiger partial charge in [0.1, 0.15) is 5.75 Å². The predicted octanol–water partition coefficient (Wildman–Crippen LogP) is 7.10. The van der Waals surface area contributed by atoms with Gasteiger partial charge in [-0.1, -0.05) is 77.8 Å². The van der Waals surface area contributed by atoms with Crippen molar-refractivity contribution in [1.29, 1.82) is 0 Å². The van der Waals surface area contributed by atoms with Gasteiger partial charge in [-0.3, -0.25) is 4.79 Å². The summed E-state index contributed by atoms with van der Waals surface area (Å²) < 4.78 is 5.65. The average molecular weight is 347 g/mol. The summed E-state index contributed by atoms with van der Waals surface area (Å²) in [6.07, 6.45) is 12.9. The Morgan fingerprint density at radius 3 is 2.08 bits per heavy atom. The van der Waals surface area contributed by atoms with Crippen LogP contribution in [-0.2, 0) is 11.2 Å². The number of hydrogen-bond donors (Lipinski definition) is 0. The van der Waals surface area contributed by atoms with E-state index in [2.05, 4.69) is 32.9 Å². The number of aryl methyl sites for hydroxylation is 1. The summed E-state index contributed by atoms with van der Waals surface area (Å²) in [6, 6.07) is 8.09. The van der Waals surface area contributed by atoms with Crippen LogP contribution in [0, 0.1) is 5.41 Å². The van der Waals surface area contributed by atoms with Gasteiger partial charge in [0, 0.05) is 0 Å². The smallest absolute Gasteiger partial charge is 0.317 e. The van der Waals surface area contributed by atoms with Gasteiger partial charge < -0.3 is 4.74 Å². The van der Waals surface area contributed by atoms with Gasteiger partial charge in [-0.25, -0.2) is 0 Å². The molecule has 0 aliphatic heterocycles. The van der Waals surface area contributed by atoms with Crippen molar-refractivity contribution in [3.63, 3.8) is 0 Å². The van der Waals surface area contributed by atoms with Crippen LogP contribution in [0.3, 0.4) is 0 Å². The van der Waals surface area contributed by atoms with Crippen molar-refractivity contribution >= 4 is 5.97 Å². The van der Waals surface area contributed by atoms with E-state index >= 15 is 0 Å². The molecule has 0 saturated carbocycles. The molecule has 1 unspecified atom stereocenters. The Labute approximate surface area is 155 Å². The van der Waals surface area contributed by atoms with E-state index in [0.717, 1.165) is 32.1 Å². The molecule has 0 N–H and O–H groups in total. The fraction of sp³-hybridized carbons (Fsp3) is 0.696. The molecule has 1 rings (SSSR count). The minimum Gasteiger partial charge on any atom is -0.426 e. The van der Waals surface area contributed by atoms with Crippen molar-refractivity contribution in [3.8, 4) is 5.75 Å². The second-order valence-corrected chi connectivity index (χ2v) is 7.57. The van der Waals surface area contributed by atoms with Crippen LogP contribution in [0.15, 0.2) is 24.3 Å². The van der Waals surface area contributed by atoms with Crippen LogP contribution in [0.4, 0.5) is 0 Å². The number of carbonyl (C=O) groups excluding carboxylic acids is 1. The molecule has 1 aromatic carbocycles. The van der Waals surface area contributed by atoms with Crippen molar-refractivity contribution in [2.45, 2.75) is 98.3 Å². The van der Waals surface area contributed by atoms with E-state index in [4.69, 9.17) is 4.74 Å². The maximum absolute atomic E-state index is 12.5. The molecule has 0 amide bonds. The molecular formula is C23H38O2. The maximum atomic E-state index is 12.5. The van der Waals surface area contributed by atoms with Crippen LogP contribution < -0.4 is 4.74 Å². The van der Waals surface area contributed by atoms with Gasteiger partial charge in [0.05, 0.1) is 5.41 Å². The Morgan fingerprint density at radius 2 is 1.48 bits per heavy atom. The van der Waals surface area contributed by atoms with E-state index < -0.39 is 0 Å². The summed E-state index contributed by atoms with van der Waals surface area (Å²) in [5.41, 5.74) is 0.965. The third-order valence-electron chi connectivity index (χ3n) is 5.31. The fourth-order valence-electron chi connectivity index (χ4n) is 3.05. The topological polar surface area (TPSA) is 26.3 Å². The first-order valence-electron chi connectivity index (χ1n) is 10.4. The normalized spacial score (nSPS) is 13.4. The third kappa shape index (κ3) is 8.07. The van der Waals surface area contributed by atoms with Crippen molar-refractivity contribution in [2.75, 3.05) is 0 Å². The summed E-state index contributed by atoms with van der Waals surface area (Å²) in [5.74, 6) is 0.583. The van der Waals surface area contributed by atoms with Gasteiger partial charge in [-0.2, -0.15) is 0 Å². The van der Waals surface area contributed by atoms with E-state index in [1.54, 1.807) is 0 Å². The summed E-state index contributed by atoms with van der Waals surface area (Å²) in [4.78, 5) is 12.5. The Kier molecular flexibility index (Phi) is 10.5. The van der Waals surface area contributed by atoms with Crippen LogP contribution in [-0.4, -0.2) is 5.97 Å². The second-order valence-electron chi connectivity index (χ2n) is 7.57. The zero-order valence-electron chi connectivity index (χ0n) is 16.9.